The first-order valence-electron chi connectivity index (χ1n) is 5.39. The Kier molecular flexibility index (Phi) is 4.90. The number of aliphatic imine (C=N–C) groups is 1. The average Bonchev–Trinajstić information content (AvgIpc) is 2.26. The summed E-state index contributed by atoms with van der Waals surface area (Å²) in [6.45, 7) is 8.82. The van der Waals surface area contributed by atoms with Gasteiger partial charge in [0, 0.05) is 19.5 Å². The highest BCUT2D eigenvalue weighted by molar-refractivity contribution is 5.79. The number of ether oxygens (including phenoxy) is 1. The lowest BCUT2D eigenvalue weighted by atomic mass is 10.2. The summed E-state index contributed by atoms with van der Waals surface area (Å²) in [6, 6.07) is 0. The van der Waals surface area contributed by atoms with Crippen molar-refractivity contribution in [2.24, 2.45) is 10.7 Å². The fourth-order valence-corrected chi connectivity index (χ4v) is 1.51. The number of morpholine rings is 1. The second-order valence-corrected chi connectivity index (χ2v) is 3.57. The summed E-state index contributed by atoms with van der Waals surface area (Å²) < 4.78 is 5.60. The van der Waals surface area contributed by atoms with Crippen LogP contribution < -0.4 is 5.73 Å². The SMILES string of the molecule is CCC(N)=NCC1CN(CC)CCO1. The van der Waals surface area contributed by atoms with Crippen molar-refractivity contribution in [2.45, 2.75) is 26.4 Å². The summed E-state index contributed by atoms with van der Waals surface area (Å²) in [6.07, 6.45) is 1.05. The topological polar surface area (TPSA) is 50.8 Å². The van der Waals surface area contributed by atoms with E-state index in [0.29, 0.717) is 6.54 Å². The van der Waals surface area contributed by atoms with Crippen LogP contribution in [0.5, 0.6) is 0 Å². The van der Waals surface area contributed by atoms with Crippen LogP contribution in [0.3, 0.4) is 0 Å². The third-order valence-corrected chi connectivity index (χ3v) is 2.53. The molecule has 0 aromatic rings. The predicted molar refractivity (Wildman–Crippen MR) is 58.6 cm³/mol. The molecule has 1 atom stereocenters. The lowest BCUT2D eigenvalue weighted by molar-refractivity contribution is -0.0209. The van der Waals surface area contributed by atoms with Gasteiger partial charge in [-0.1, -0.05) is 13.8 Å². The molecule has 0 radical (unpaired) electrons. The molecule has 1 saturated heterocycles. The lowest BCUT2D eigenvalue weighted by Crippen LogP contribution is -2.43. The molecule has 0 bridgehead atoms. The van der Waals surface area contributed by atoms with Crippen molar-refractivity contribution in [1.82, 2.24) is 4.90 Å². The van der Waals surface area contributed by atoms with E-state index >= 15 is 0 Å². The normalized spacial score (nSPS) is 25.3. The van der Waals surface area contributed by atoms with Crippen molar-refractivity contribution in [3.63, 3.8) is 0 Å². The van der Waals surface area contributed by atoms with E-state index in [1.54, 1.807) is 0 Å². The van der Waals surface area contributed by atoms with Crippen molar-refractivity contribution >= 4 is 5.84 Å². The van der Waals surface area contributed by atoms with Crippen LogP contribution in [0.15, 0.2) is 4.99 Å². The Morgan fingerprint density at radius 2 is 2.36 bits per heavy atom. The standard InChI is InChI=1S/C10H21N3O/c1-3-10(11)12-7-9-8-13(4-2)5-6-14-9/h9H,3-8H2,1-2H3,(H2,11,12). The maximum atomic E-state index is 5.64. The summed E-state index contributed by atoms with van der Waals surface area (Å²) in [5.41, 5.74) is 5.64. The van der Waals surface area contributed by atoms with Crippen LogP contribution in [0.4, 0.5) is 0 Å². The fraction of sp³-hybridized carbons (Fsp3) is 0.900. The number of likely N-dealkylation sites (N-methyl/N-ethyl adjacent to an activating group) is 1. The number of hydrogen-bond donors (Lipinski definition) is 1. The average molecular weight is 199 g/mol. The molecular weight excluding hydrogens is 178 g/mol. The molecule has 1 heterocycles. The first kappa shape index (κ1) is 11.5. The zero-order chi connectivity index (χ0) is 10.4. The molecular formula is C10H21N3O. The van der Waals surface area contributed by atoms with Crippen LogP contribution >= 0.6 is 0 Å². The largest absolute Gasteiger partial charge is 0.387 e. The quantitative estimate of drug-likeness (QED) is 0.529. The second kappa shape index (κ2) is 5.98. The predicted octanol–water partition coefficient (Wildman–Crippen LogP) is 0.474. The highest BCUT2D eigenvalue weighted by Gasteiger charge is 2.18. The Hall–Kier alpha value is -0.610. The van der Waals surface area contributed by atoms with E-state index in [9.17, 15) is 0 Å². The van der Waals surface area contributed by atoms with Gasteiger partial charge in [-0.25, -0.2) is 0 Å². The molecule has 1 rings (SSSR count). The van der Waals surface area contributed by atoms with Gasteiger partial charge in [0.2, 0.25) is 0 Å². The van der Waals surface area contributed by atoms with Crippen LogP contribution in [0.1, 0.15) is 20.3 Å². The minimum atomic E-state index is 0.230. The summed E-state index contributed by atoms with van der Waals surface area (Å²) in [5, 5.41) is 0. The number of rotatable bonds is 4. The van der Waals surface area contributed by atoms with E-state index in [0.717, 1.165) is 38.5 Å². The molecule has 1 aliphatic rings. The van der Waals surface area contributed by atoms with E-state index in [-0.39, 0.29) is 6.10 Å². The first-order chi connectivity index (χ1) is 6.76. The molecule has 0 amide bonds. The van der Waals surface area contributed by atoms with Gasteiger partial charge >= 0.3 is 0 Å². The molecule has 4 heteroatoms. The van der Waals surface area contributed by atoms with Gasteiger partial charge in [-0.05, 0) is 6.54 Å². The zero-order valence-electron chi connectivity index (χ0n) is 9.20. The van der Waals surface area contributed by atoms with Gasteiger partial charge in [0.1, 0.15) is 0 Å². The highest BCUT2D eigenvalue weighted by Crippen LogP contribution is 2.04. The van der Waals surface area contributed by atoms with Gasteiger partial charge in [-0.15, -0.1) is 0 Å². The van der Waals surface area contributed by atoms with Crippen LogP contribution in [-0.2, 0) is 4.74 Å². The molecule has 0 aromatic heterocycles. The van der Waals surface area contributed by atoms with Gasteiger partial charge in [0.05, 0.1) is 25.1 Å². The van der Waals surface area contributed by atoms with Crippen molar-refractivity contribution in [1.29, 1.82) is 0 Å². The van der Waals surface area contributed by atoms with Crippen LogP contribution in [0, 0.1) is 0 Å². The van der Waals surface area contributed by atoms with Crippen molar-refractivity contribution in [3.8, 4) is 0 Å². The second-order valence-electron chi connectivity index (χ2n) is 3.57. The van der Waals surface area contributed by atoms with Gasteiger partial charge in [-0.2, -0.15) is 0 Å². The Morgan fingerprint density at radius 1 is 1.57 bits per heavy atom. The molecule has 0 aromatic carbocycles. The summed E-state index contributed by atoms with van der Waals surface area (Å²) in [5.74, 6) is 0.724. The van der Waals surface area contributed by atoms with E-state index in [2.05, 4.69) is 16.8 Å². The van der Waals surface area contributed by atoms with E-state index in [1.807, 2.05) is 6.92 Å². The number of nitrogens with zero attached hydrogens (tertiary/aromatic N) is 2. The summed E-state index contributed by atoms with van der Waals surface area (Å²) in [4.78, 5) is 6.66. The van der Waals surface area contributed by atoms with E-state index < -0.39 is 0 Å². The van der Waals surface area contributed by atoms with Gasteiger partial charge in [0.25, 0.3) is 0 Å². The lowest BCUT2D eigenvalue weighted by Gasteiger charge is -2.31. The number of amidine groups is 1. The third kappa shape index (κ3) is 3.64. The fourth-order valence-electron chi connectivity index (χ4n) is 1.51. The Morgan fingerprint density at radius 3 is 3.00 bits per heavy atom. The molecule has 1 aliphatic heterocycles. The molecule has 1 fully saturated rings. The van der Waals surface area contributed by atoms with Crippen molar-refractivity contribution < 1.29 is 4.74 Å². The van der Waals surface area contributed by atoms with Gasteiger partial charge in [-0.3, -0.25) is 9.89 Å². The maximum Gasteiger partial charge on any atom is 0.0935 e. The highest BCUT2D eigenvalue weighted by atomic mass is 16.5. The van der Waals surface area contributed by atoms with Crippen molar-refractivity contribution in [3.05, 3.63) is 0 Å². The smallest absolute Gasteiger partial charge is 0.0935 e. The van der Waals surface area contributed by atoms with Crippen LogP contribution in [0.2, 0.25) is 0 Å². The minimum absolute atomic E-state index is 0.230. The first-order valence-corrected chi connectivity index (χ1v) is 5.39. The monoisotopic (exact) mass is 199 g/mol. The number of nitrogens with two attached hydrogens (primary N) is 1. The maximum absolute atomic E-state index is 5.64. The molecule has 1 unspecified atom stereocenters. The van der Waals surface area contributed by atoms with E-state index in [4.69, 9.17) is 10.5 Å². The molecule has 0 spiro atoms. The van der Waals surface area contributed by atoms with Crippen LogP contribution in [0.25, 0.3) is 0 Å². The molecule has 2 N–H and O–H groups in total. The number of hydrogen-bond acceptors (Lipinski definition) is 3. The molecule has 82 valence electrons. The van der Waals surface area contributed by atoms with Crippen LogP contribution in [-0.4, -0.2) is 49.6 Å². The van der Waals surface area contributed by atoms with Gasteiger partial charge in [0.15, 0.2) is 0 Å². The molecule has 4 nitrogen and oxygen atoms in total. The zero-order valence-corrected chi connectivity index (χ0v) is 9.20. The minimum Gasteiger partial charge on any atom is -0.387 e. The molecule has 14 heavy (non-hydrogen) atoms. The Labute approximate surface area is 86.1 Å². The van der Waals surface area contributed by atoms with Crippen molar-refractivity contribution in [2.75, 3.05) is 32.8 Å². The summed E-state index contributed by atoms with van der Waals surface area (Å²) in [7, 11) is 0. The summed E-state index contributed by atoms with van der Waals surface area (Å²) >= 11 is 0. The van der Waals surface area contributed by atoms with E-state index in [1.165, 1.54) is 0 Å². The Balaban J connectivity index is 2.30. The Bertz CT molecular complexity index is 194. The molecule has 0 saturated carbocycles. The molecule has 0 aliphatic carbocycles. The third-order valence-electron chi connectivity index (χ3n) is 2.53. The van der Waals surface area contributed by atoms with Gasteiger partial charge < -0.3 is 10.5 Å².